The molecule has 2 rings (SSSR count). The summed E-state index contributed by atoms with van der Waals surface area (Å²) in [5.74, 6) is 0. The fourth-order valence-electron chi connectivity index (χ4n) is 1.76. The van der Waals surface area contributed by atoms with Gasteiger partial charge in [0.1, 0.15) is 6.61 Å². The number of amides is 2. The van der Waals surface area contributed by atoms with E-state index in [4.69, 9.17) is 34.0 Å². The fourth-order valence-corrected chi connectivity index (χ4v) is 2.75. The van der Waals surface area contributed by atoms with Crippen LogP contribution in [0.4, 0.5) is 9.59 Å². The van der Waals surface area contributed by atoms with Crippen LogP contribution in [0.25, 0.3) is 0 Å². The number of ether oxygens (including phenoxy) is 1. The average Bonchev–Trinajstić information content (AvgIpc) is 2.60. The summed E-state index contributed by atoms with van der Waals surface area (Å²) in [5, 5.41) is 11.6. The summed E-state index contributed by atoms with van der Waals surface area (Å²) in [6.07, 6.45) is -0.274. The summed E-state index contributed by atoms with van der Waals surface area (Å²) in [4.78, 5) is 21.2. The van der Waals surface area contributed by atoms with E-state index in [0.29, 0.717) is 15.6 Å². The topological polar surface area (TPSA) is 119 Å². The second kappa shape index (κ2) is 11.4. The van der Waals surface area contributed by atoms with Gasteiger partial charge in [0.05, 0.1) is 0 Å². The predicted molar refractivity (Wildman–Crippen MR) is 104 cm³/mol. The largest absolute Gasteiger partial charge is 0.465 e. The third kappa shape index (κ3) is 9.28. The molecule has 4 N–H and O–H groups in total. The van der Waals surface area contributed by atoms with E-state index in [0.717, 1.165) is 10.5 Å². The molecule has 0 saturated heterocycles. The van der Waals surface area contributed by atoms with Gasteiger partial charge in [-0.25, -0.2) is 9.59 Å². The Bertz CT molecular complexity index is 815. The van der Waals surface area contributed by atoms with Crippen molar-refractivity contribution in [2.75, 3.05) is 6.26 Å². The number of hydrogen-bond donors (Lipinski definition) is 3. The Hall–Kier alpha value is -2.29. The van der Waals surface area contributed by atoms with Crippen molar-refractivity contribution < 1.29 is 23.6 Å². The number of halogens is 2. The van der Waals surface area contributed by atoms with Gasteiger partial charge < -0.3 is 20.9 Å². The van der Waals surface area contributed by atoms with Crippen LogP contribution >= 0.6 is 23.2 Å². The van der Waals surface area contributed by atoms with Crippen molar-refractivity contribution in [3.05, 3.63) is 63.6 Å². The number of carbonyl (C=O) groups excluding carboxylic acids is 1. The second-order valence-corrected chi connectivity index (χ2v) is 7.32. The van der Waals surface area contributed by atoms with Crippen molar-refractivity contribution in [1.82, 2.24) is 5.32 Å². The van der Waals surface area contributed by atoms with Gasteiger partial charge >= 0.3 is 12.2 Å². The Kier molecular flexibility index (Phi) is 9.63. The minimum atomic E-state index is -1.05. The molecule has 0 fully saturated rings. The van der Waals surface area contributed by atoms with E-state index >= 15 is 0 Å². The molecular weight excluding hydrogens is 415 g/mol. The van der Waals surface area contributed by atoms with Gasteiger partial charge in [-0.2, -0.15) is 0 Å². The van der Waals surface area contributed by atoms with Gasteiger partial charge in [-0.1, -0.05) is 41.4 Å². The molecule has 1 unspecified atom stereocenters. The normalized spacial score (nSPS) is 10.9. The van der Waals surface area contributed by atoms with E-state index in [1.807, 2.05) is 0 Å². The Labute approximate surface area is 168 Å². The molecule has 2 amide bonds. The lowest BCUT2D eigenvalue weighted by Gasteiger charge is -2.03. The Morgan fingerprint density at radius 1 is 1.19 bits per heavy atom. The first-order chi connectivity index (χ1) is 12.7. The van der Waals surface area contributed by atoms with Crippen molar-refractivity contribution in [2.45, 2.75) is 18.0 Å². The van der Waals surface area contributed by atoms with Gasteiger partial charge in [0.2, 0.25) is 0 Å². The molecule has 0 aliphatic heterocycles. The quantitative estimate of drug-likeness (QED) is 0.663. The maximum Gasteiger partial charge on any atom is 0.404 e. The molecule has 7 nitrogen and oxygen atoms in total. The van der Waals surface area contributed by atoms with Crippen LogP contribution in [0.3, 0.4) is 0 Å². The molecule has 0 radical (unpaired) electrons. The van der Waals surface area contributed by atoms with Crippen LogP contribution in [0.15, 0.2) is 47.4 Å². The lowest BCUT2D eigenvalue weighted by atomic mass is 10.2. The van der Waals surface area contributed by atoms with E-state index < -0.39 is 23.0 Å². The van der Waals surface area contributed by atoms with Crippen LogP contribution in [0.1, 0.15) is 11.1 Å². The third-order valence-electron chi connectivity index (χ3n) is 3.08. The highest BCUT2D eigenvalue weighted by atomic mass is 35.5. The van der Waals surface area contributed by atoms with Gasteiger partial charge in [-0.15, -0.1) is 0 Å². The molecule has 0 saturated carbocycles. The fraction of sp³-hybridized carbons (Fsp3) is 0.176. The second-order valence-electron chi connectivity index (χ2n) is 5.10. The summed E-state index contributed by atoms with van der Waals surface area (Å²) < 4.78 is 15.6. The summed E-state index contributed by atoms with van der Waals surface area (Å²) in [5.41, 5.74) is 6.31. The Balaban J connectivity index is 0.000000271. The predicted octanol–water partition coefficient (Wildman–Crippen LogP) is 3.78. The van der Waals surface area contributed by atoms with Gasteiger partial charge in [-0.05, 0) is 29.8 Å². The summed E-state index contributed by atoms with van der Waals surface area (Å²) >= 11 is 11.5. The monoisotopic (exact) mass is 432 g/mol. The zero-order chi connectivity index (χ0) is 20.4. The number of benzene rings is 2. The number of primary amides is 1. The van der Waals surface area contributed by atoms with E-state index in [1.165, 1.54) is 0 Å². The SMILES string of the molecule is CS(=O)c1ccc(CNC(=O)O)cc1.NC(=O)OCc1ccc(Cl)cc1Cl. The molecule has 0 aromatic heterocycles. The lowest BCUT2D eigenvalue weighted by Crippen LogP contribution is -2.19. The molecule has 0 aliphatic rings. The maximum absolute atomic E-state index is 11.0. The zero-order valence-corrected chi connectivity index (χ0v) is 16.6. The molecule has 2 aromatic rings. The Morgan fingerprint density at radius 2 is 1.81 bits per heavy atom. The number of carboxylic acid groups (broad SMARTS) is 1. The summed E-state index contributed by atoms with van der Waals surface area (Å²) in [7, 11) is -0.987. The molecule has 27 heavy (non-hydrogen) atoms. The molecule has 1 atom stereocenters. The highest BCUT2D eigenvalue weighted by Crippen LogP contribution is 2.21. The molecular formula is C17H18Cl2N2O5S. The minimum absolute atomic E-state index is 0.0608. The standard InChI is InChI=1S/C9H11NO3S.C8H7Cl2NO2/c1-14(13)8-4-2-7(3-5-8)6-10-9(11)12;9-6-2-1-5(7(10)3-6)4-13-8(11)12/h2-5,10H,6H2,1H3,(H,11,12);1-3H,4H2,(H2,11,12). The van der Waals surface area contributed by atoms with Crippen LogP contribution in [-0.2, 0) is 28.7 Å². The van der Waals surface area contributed by atoms with Gasteiger partial charge in [0.15, 0.2) is 0 Å². The first kappa shape index (κ1) is 22.8. The van der Waals surface area contributed by atoms with Crippen LogP contribution in [0, 0.1) is 0 Å². The maximum atomic E-state index is 11.0. The lowest BCUT2D eigenvalue weighted by molar-refractivity contribution is 0.150. The van der Waals surface area contributed by atoms with Crippen LogP contribution in [-0.4, -0.2) is 27.8 Å². The van der Waals surface area contributed by atoms with Crippen molar-refractivity contribution in [2.24, 2.45) is 5.73 Å². The Morgan fingerprint density at radius 3 is 2.30 bits per heavy atom. The number of hydrogen-bond acceptors (Lipinski definition) is 4. The van der Waals surface area contributed by atoms with Gasteiger partial charge in [0, 0.05) is 44.1 Å². The number of carbonyl (C=O) groups is 2. The van der Waals surface area contributed by atoms with Crippen molar-refractivity contribution in [3.8, 4) is 0 Å². The van der Waals surface area contributed by atoms with Crippen LogP contribution in [0.5, 0.6) is 0 Å². The van der Waals surface area contributed by atoms with Crippen LogP contribution < -0.4 is 11.1 Å². The smallest absolute Gasteiger partial charge is 0.404 e. The summed E-state index contributed by atoms with van der Waals surface area (Å²) in [6, 6.07) is 11.9. The van der Waals surface area contributed by atoms with Crippen molar-refractivity contribution in [1.29, 1.82) is 0 Å². The molecule has 2 aromatic carbocycles. The molecule has 0 spiro atoms. The van der Waals surface area contributed by atoms with Crippen molar-refractivity contribution >= 4 is 46.2 Å². The number of nitrogens with one attached hydrogen (secondary N) is 1. The molecule has 146 valence electrons. The third-order valence-corrected chi connectivity index (χ3v) is 4.61. The van der Waals surface area contributed by atoms with Crippen LogP contribution in [0.2, 0.25) is 10.0 Å². The highest BCUT2D eigenvalue weighted by molar-refractivity contribution is 7.84. The minimum Gasteiger partial charge on any atom is -0.465 e. The number of nitrogens with two attached hydrogens (primary N) is 1. The molecule has 0 aliphatic carbocycles. The highest BCUT2D eigenvalue weighted by Gasteiger charge is 2.03. The van der Waals surface area contributed by atoms with E-state index in [-0.39, 0.29) is 13.2 Å². The van der Waals surface area contributed by atoms with Crippen molar-refractivity contribution in [3.63, 3.8) is 0 Å². The number of rotatable bonds is 5. The average molecular weight is 433 g/mol. The molecule has 0 bridgehead atoms. The molecule has 10 heteroatoms. The first-order valence-corrected chi connectivity index (χ1v) is 9.75. The van der Waals surface area contributed by atoms with Gasteiger partial charge in [0.25, 0.3) is 0 Å². The summed E-state index contributed by atoms with van der Waals surface area (Å²) in [6.45, 7) is 0.331. The molecule has 0 heterocycles. The first-order valence-electron chi connectivity index (χ1n) is 7.44. The van der Waals surface area contributed by atoms with E-state index in [2.05, 4.69) is 10.1 Å². The van der Waals surface area contributed by atoms with E-state index in [1.54, 1.807) is 48.7 Å². The van der Waals surface area contributed by atoms with E-state index in [9.17, 15) is 13.8 Å². The zero-order valence-electron chi connectivity index (χ0n) is 14.3. The van der Waals surface area contributed by atoms with Gasteiger partial charge in [-0.3, -0.25) is 4.21 Å².